The molecule has 0 fully saturated rings. The third-order valence-electron chi connectivity index (χ3n) is 2.52. The van der Waals surface area contributed by atoms with Gasteiger partial charge >= 0.3 is 0 Å². The SMILES string of the molecule is CCC(CCCl)NC(=O)Cc1ccccc1. The zero-order chi connectivity index (χ0) is 11.8. The first-order chi connectivity index (χ1) is 7.76. The van der Waals surface area contributed by atoms with Gasteiger partial charge in [-0.15, -0.1) is 11.6 Å². The van der Waals surface area contributed by atoms with E-state index in [-0.39, 0.29) is 11.9 Å². The second kappa shape index (κ2) is 7.29. The molecular formula is C13H18ClNO. The number of carbonyl (C=O) groups excluding carboxylic acids is 1. The molecule has 1 atom stereocenters. The summed E-state index contributed by atoms with van der Waals surface area (Å²) >= 11 is 5.67. The van der Waals surface area contributed by atoms with Crippen molar-refractivity contribution in [2.24, 2.45) is 0 Å². The van der Waals surface area contributed by atoms with Crippen molar-refractivity contribution in [1.82, 2.24) is 5.32 Å². The molecule has 0 spiro atoms. The Bertz CT molecular complexity index is 313. The van der Waals surface area contributed by atoms with Gasteiger partial charge in [-0.05, 0) is 18.4 Å². The number of benzene rings is 1. The van der Waals surface area contributed by atoms with Gasteiger partial charge < -0.3 is 5.32 Å². The molecule has 0 aromatic heterocycles. The minimum atomic E-state index is 0.0724. The van der Waals surface area contributed by atoms with Gasteiger partial charge in [-0.25, -0.2) is 0 Å². The molecule has 0 aliphatic carbocycles. The molecule has 1 amide bonds. The first-order valence-corrected chi connectivity index (χ1v) is 6.19. The minimum absolute atomic E-state index is 0.0724. The second-order valence-corrected chi connectivity index (χ2v) is 4.19. The first-order valence-electron chi connectivity index (χ1n) is 5.65. The van der Waals surface area contributed by atoms with Gasteiger partial charge in [0.15, 0.2) is 0 Å². The zero-order valence-electron chi connectivity index (χ0n) is 9.58. The first kappa shape index (κ1) is 13.0. The quantitative estimate of drug-likeness (QED) is 0.760. The number of halogens is 1. The highest BCUT2D eigenvalue weighted by Crippen LogP contribution is 2.02. The lowest BCUT2D eigenvalue weighted by atomic mass is 10.1. The molecule has 0 saturated heterocycles. The molecule has 0 radical (unpaired) electrons. The Morgan fingerprint density at radius 3 is 2.62 bits per heavy atom. The summed E-state index contributed by atoms with van der Waals surface area (Å²) in [6.07, 6.45) is 2.20. The van der Waals surface area contributed by atoms with Crippen molar-refractivity contribution in [2.45, 2.75) is 32.2 Å². The van der Waals surface area contributed by atoms with Gasteiger partial charge in [-0.1, -0.05) is 37.3 Å². The fourth-order valence-corrected chi connectivity index (χ4v) is 1.83. The van der Waals surface area contributed by atoms with Crippen LogP contribution in [0.25, 0.3) is 0 Å². The lowest BCUT2D eigenvalue weighted by molar-refractivity contribution is -0.121. The fraction of sp³-hybridized carbons (Fsp3) is 0.462. The summed E-state index contributed by atoms with van der Waals surface area (Å²) in [6.45, 7) is 2.06. The fourth-order valence-electron chi connectivity index (χ4n) is 1.57. The second-order valence-electron chi connectivity index (χ2n) is 3.81. The highest BCUT2D eigenvalue weighted by atomic mass is 35.5. The number of amides is 1. The number of nitrogens with one attached hydrogen (secondary N) is 1. The molecule has 16 heavy (non-hydrogen) atoms. The molecule has 0 bridgehead atoms. The van der Waals surface area contributed by atoms with E-state index in [4.69, 9.17) is 11.6 Å². The lowest BCUT2D eigenvalue weighted by Crippen LogP contribution is -2.35. The Balaban J connectivity index is 2.41. The van der Waals surface area contributed by atoms with E-state index in [1.165, 1.54) is 0 Å². The van der Waals surface area contributed by atoms with Crippen LogP contribution in [-0.4, -0.2) is 17.8 Å². The van der Waals surface area contributed by atoms with Crippen LogP contribution in [0, 0.1) is 0 Å². The Kier molecular flexibility index (Phi) is 5.94. The summed E-state index contributed by atoms with van der Waals surface area (Å²) < 4.78 is 0. The molecule has 0 aliphatic heterocycles. The molecule has 1 aromatic rings. The van der Waals surface area contributed by atoms with E-state index >= 15 is 0 Å². The van der Waals surface area contributed by atoms with E-state index in [1.807, 2.05) is 30.3 Å². The molecule has 1 rings (SSSR count). The van der Waals surface area contributed by atoms with Crippen molar-refractivity contribution in [3.05, 3.63) is 35.9 Å². The largest absolute Gasteiger partial charge is 0.353 e. The van der Waals surface area contributed by atoms with Crippen LogP contribution in [0.3, 0.4) is 0 Å². The molecule has 0 aliphatic rings. The molecule has 0 saturated carbocycles. The van der Waals surface area contributed by atoms with E-state index in [9.17, 15) is 4.79 Å². The average Bonchev–Trinajstić information content (AvgIpc) is 2.29. The van der Waals surface area contributed by atoms with E-state index in [2.05, 4.69) is 12.2 Å². The summed E-state index contributed by atoms with van der Waals surface area (Å²) in [5.74, 6) is 0.660. The van der Waals surface area contributed by atoms with Crippen molar-refractivity contribution in [3.63, 3.8) is 0 Å². The number of hydrogen-bond donors (Lipinski definition) is 1. The van der Waals surface area contributed by atoms with Gasteiger partial charge in [0.25, 0.3) is 0 Å². The maximum Gasteiger partial charge on any atom is 0.224 e. The predicted molar refractivity (Wildman–Crippen MR) is 67.7 cm³/mol. The predicted octanol–water partition coefficient (Wildman–Crippen LogP) is 2.75. The average molecular weight is 240 g/mol. The van der Waals surface area contributed by atoms with Crippen LogP contribution in [-0.2, 0) is 11.2 Å². The Hall–Kier alpha value is -1.02. The maximum atomic E-state index is 11.7. The molecule has 88 valence electrons. The monoisotopic (exact) mass is 239 g/mol. The summed E-state index contributed by atoms with van der Waals surface area (Å²) in [4.78, 5) is 11.7. The van der Waals surface area contributed by atoms with E-state index in [0.29, 0.717) is 12.3 Å². The lowest BCUT2D eigenvalue weighted by Gasteiger charge is -2.15. The molecule has 3 heteroatoms. The molecule has 1 N–H and O–H groups in total. The number of alkyl halides is 1. The van der Waals surface area contributed by atoms with Crippen LogP contribution in [0.5, 0.6) is 0 Å². The van der Waals surface area contributed by atoms with Gasteiger partial charge in [0.1, 0.15) is 0 Å². The van der Waals surface area contributed by atoms with E-state index < -0.39 is 0 Å². The van der Waals surface area contributed by atoms with Gasteiger partial charge in [0.2, 0.25) is 5.91 Å². The van der Waals surface area contributed by atoms with Crippen molar-refractivity contribution in [2.75, 3.05) is 5.88 Å². The van der Waals surface area contributed by atoms with E-state index in [0.717, 1.165) is 18.4 Å². The topological polar surface area (TPSA) is 29.1 Å². The van der Waals surface area contributed by atoms with Crippen LogP contribution >= 0.6 is 11.6 Å². The summed E-state index contributed by atoms with van der Waals surface area (Å²) in [6, 6.07) is 9.96. The third kappa shape index (κ3) is 4.67. The highest BCUT2D eigenvalue weighted by molar-refractivity contribution is 6.17. The Morgan fingerprint density at radius 2 is 2.06 bits per heavy atom. The third-order valence-corrected chi connectivity index (χ3v) is 2.74. The number of carbonyl (C=O) groups is 1. The van der Waals surface area contributed by atoms with Crippen LogP contribution in [0.2, 0.25) is 0 Å². The molecule has 1 aromatic carbocycles. The normalized spacial score (nSPS) is 12.1. The number of rotatable bonds is 6. The van der Waals surface area contributed by atoms with Crippen molar-refractivity contribution in [1.29, 1.82) is 0 Å². The van der Waals surface area contributed by atoms with Crippen molar-refractivity contribution >= 4 is 17.5 Å². The molecular weight excluding hydrogens is 222 g/mol. The van der Waals surface area contributed by atoms with Gasteiger partial charge in [0.05, 0.1) is 6.42 Å². The molecule has 1 unspecified atom stereocenters. The van der Waals surface area contributed by atoms with Crippen molar-refractivity contribution in [3.8, 4) is 0 Å². The van der Waals surface area contributed by atoms with Crippen LogP contribution < -0.4 is 5.32 Å². The highest BCUT2D eigenvalue weighted by Gasteiger charge is 2.09. The van der Waals surface area contributed by atoms with Gasteiger partial charge in [0, 0.05) is 11.9 Å². The standard InChI is InChI=1S/C13H18ClNO/c1-2-12(8-9-14)15-13(16)10-11-6-4-3-5-7-11/h3-7,12H,2,8-10H2,1H3,(H,15,16). The zero-order valence-corrected chi connectivity index (χ0v) is 10.3. The molecule has 0 heterocycles. The van der Waals surface area contributed by atoms with E-state index in [1.54, 1.807) is 0 Å². The smallest absolute Gasteiger partial charge is 0.224 e. The Labute approximate surface area is 102 Å². The van der Waals surface area contributed by atoms with Crippen molar-refractivity contribution < 1.29 is 4.79 Å². The summed E-state index contributed by atoms with van der Waals surface area (Å²) in [5.41, 5.74) is 1.04. The Morgan fingerprint density at radius 1 is 1.38 bits per heavy atom. The van der Waals surface area contributed by atoms with Crippen LogP contribution in [0.1, 0.15) is 25.3 Å². The minimum Gasteiger partial charge on any atom is -0.353 e. The maximum absolute atomic E-state index is 11.7. The summed E-state index contributed by atoms with van der Waals surface area (Å²) in [5, 5.41) is 2.99. The molecule has 2 nitrogen and oxygen atoms in total. The number of hydrogen-bond acceptors (Lipinski definition) is 1. The van der Waals surface area contributed by atoms with Crippen LogP contribution in [0.15, 0.2) is 30.3 Å². The summed E-state index contributed by atoms with van der Waals surface area (Å²) in [7, 11) is 0. The van der Waals surface area contributed by atoms with Gasteiger partial charge in [-0.3, -0.25) is 4.79 Å². The van der Waals surface area contributed by atoms with Crippen LogP contribution in [0.4, 0.5) is 0 Å². The van der Waals surface area contributed by atoms with Gasteiger partial charge in [-0.2, -0.15) is 0 Å².